The van der Waals surface area contributed by atoms with Gasteiger partial charge in [-0.25, -0.2) is 0 Å². The van der Waals surface area contributed by atoms with Crippen LogP contribution in [-0.4, -0.2) is 17.6 Å². The Morgan fingerprint density at radius 2 is 1.92 bits per heavy atom. The Morgan fingerprint density at radius 3 is 2.31 bits per heavy atom. The van der Waals surface area contributed by atoms with Crippen LogP contribution in [0.5, 0.6) is 0 Å². The quantitative estimate of drug-likeness (QED) is 0.774. The molecule has 1 aromatic rings. The van der Waals surface area contributed by atoms with Gasteiger partial charge in [0.05, 0.1) is 5.92 Å². The van der Waals surface area contributed by atoms with Gasteiger partial charge < -0.3 is 10.8 Å². The Labute approximate surface area is 83.0 Å². The molecule has 0 heterocycles. The maximum atomic E-state index is 10.7. The molecule has 0 radical (unpaired) electrons. The molecule has 0 saturated heterocycles. The van der Waals surface area contributed by atoms with Crippen molar-refractivity contribution in [3.63, 3.8) is 0 Å². The molecule has 1 aromatic carbocycles. The highest BCUT2D eigenvalue weighted by molar-refractivity contribution is 5.85. The van der Waals surface area contributed by atoms with E-state index in [1.807, 2.05) is 6.07 Å². The Morgan fingerprint density at radius 1 is 1.38 bits per heavy atom. The zero-order chi connectivity index (χ0) is 8.97. The fourth-order valence-corrected chi connectivity index (χ4v) is 1.06. The van der Waals surface area contributed by atoms with E-state index in [9.17, 15) is 4.79 Å². The molecule has 0 saturated carbocycles. The van der Waals surface area contributed by atoms with Crippen molar-refractivity contribution in [2.45, 2.75) is 5.92 Å². The third kappa shape index (κ3) is 3.05. The molecule has 13 heavy (non-hydrogen) atoms. The van der Waals surface area contributed by atoms with Gasteiger partial charge in [0, 0.05) is 6.54 Å². The minimum absolute atomic E-state index is 0. The van der Waals surface area contributed by atoms with Crippen molar-refractivity contribution in [1.82, 2.24) is 0 Å². The van der Waals surface area contributed by atoms with Crippen molar-refractivity contribution in [2.24, 2.45) is 5.73 Å². The molecule has 0 amide bonds. The monoisotopic (exact) mass is 201 g/mol. The van der Waals surface area contributed by atoms with Crippen molar-refractivity contribution < 1.29 is 9.90 Å². The summed E-state index contributed by atoms with van der Waals surface area (Å²) in [6, 6.07) is 9.00. The number of carboxylic acids is 1. The van der Waals surface area contributed by atoms with Crippen LogP contribution >= 0.6 is 12.4 Å². The maximum absolute atomic E-state index is 10.7. The molecule has 72 valence electrons. The topological polar surface area (TPSA) is 63.3 Å². The highest BCUT2D eigenvalue weighted by Crippen LogP contribution is 2.13. The van der Waals surface area contributed by atoms with E-state index in [0.717, 1.165) is 5.56 Å². The normalized spacial score (nSPS) is 11.5. The molecule has 0 aliphatic heterocycles. The van der Waals surface area contributed by atoms with E-state index in [2.05, 4.69) is 0 Å². The number of aliphatic carboxylic acids is 1. The van der Waals surface area contributed by atoms with Gasteiger partial charge in [-0.05, 0) is 5.56 Å². The molecule has 0 bridgehead atoms. The van der Waals surface area contributed by atoms with Crippen LogP contribution < -0.4 is 5.73 Å². The standard InChI is InChI=1S/C9H11NO2.ClH/c10-6-8(9(11)12)7-4-2-1-3-5-7;/h1-5,8H,6,10H2,(H,11,12);1H/t8-;/m0./s1. The van der Waals surface area contributed by atoms with Crippen molar-refractivity contribution in [2.75, 3.05) is 6.54 Å². The van der Waals surface area contributed by atoms with Gasteiger partial charge in [-0.1, -0.05) is 30.3 Å². The van der Waals surface area contributed by atoms with Crippen molar-refractivity contribution in [3.05, 3.63) is 35.9 Å². The Bertz CT molecular complexity index is 264. The van der Waals surface area contributed by atoms with Gasteiger partial charge in [0.25, 0.3) is 0 Å². The first-order valence-electron chi connectivity index (χ1n) is 3.73. The molecule has 4 heteroatoms. The number of carboxylic acid groups (broad SMARTS) is 1. The summed E-state index contributed by atoms with van der Waals surface area (Å²) in [6.45, 7) is 0.138. The first-order valence-corrected chi connectivity index (χ1v) is 3.73. The van der Waals surface area contributed by atoms with Gasteiger partial charge in [-0.3, -0.25) is 4.79 Å². The van der Waals surface area contributed by atoms with Crippen LogP contribution in [0.4, 0.5) is 0 Å². The SMILES string of the molecule is Cl.NC[C@H](C(=O)O)c1ccccc1. The van der Waals surface area contributed by atoms with Gasteiger partial charge in [0.15, 0.2) is 0 Å². The summed E-state index contributed by atoms with van der Waals surface area (Å²) in [5.41, 5.74) is 6.08. The lowest BCUT2D eigenvalue weighted by molar-refractivity contribution is -0.138. The molecule has 0 aromatic heterocycles. The number of rotatable bonds is 3. The molecule has 3 N–H and O–H groups in total. The average molecular weight is 202 g/mol. The third-order valence-electron chi connectivity index (χ3n) is 1.74. The van der Waals surface area contributed by atoms with Crippen LogP contribution in [-0.2, 0) is 4.79 Å². The minimum atomic E-state index is -0.872. The Kier molecular flexibility index (Phi) is 5.11. The van der Waals surface area contributed by atoms with Crippen molar-refractivity contribution in [3.8, 4) is 0 Å². The van der Waals surface area contributed by atoms with Gasteiger partial charge in [-0.15, -0.1) is 12.4 Å². The molecule has 1 atom stereocenters. The molecule has 0 aliphatic carbocycles. The number of carbonyl (C=O) groups is 1. The molecule has 0 aliphatic rings. The predicted molar refractivity (Wildman–Crippen MR) is 53.1 cm³/mol. The third-order valence-corrected chi connectivity index (χ3v) is 1.74. The molecule has 0 spiro atoms. The molecule has 0 fully saturated rings. The number of hydrogen-bond donors (Lipinski definition) is 2. The van der Waals surface area contributed by atoms with Crippen LogP contribution in [0, 0.1) is 0 Å². The van der Waals surface area contributed by atoms with Gasteiger partial charge in [0.1, 0.15) is 0 Å². The summed E-state index contributed by atoms with van der Waals surface area (Å²) in [5, 5.41) is 8.75. The van der Waals surface area contributed by atoms with E-state index in [-0.39, 0.29) is 19.0 Å². The average Bonchev–Trinajstić information content (AvgIpc) is 2.07. The zero-order valence-corrected chi connectivity index (χ0v) is 7.83. The fourth-order valence-electron chi connectivity index (χ4n) is 1.06. The molecule has 3 nitrogen and oxygen atoms in total. The second-order valence-electron chi connectivity index (χ2n) is 2.54. The van der Waals surface area contributed by atoms with Gasteiger partial charge >= 0.3 is 5.97 Å². The van der Waals surface area contributed by atoms with Gasteiger partial charge in [0.2, 0.25) is 0 Å². The largest absolute Gasteiger partial charge is 0.481 e. The van der Waals surface area contributed by atoms with E-state index in [1.165, 1.54) is 0 Å². The van der Waals surface area contributed by atoms with Crippen LogP contribution in [0.1, 0.15) is 11.5 Å². The van der Waals surface area contributed by atoms with E-state index in [1.54, 1.807) is 24.3 Å². The number of hydrogen-bond acceptors (Lipinski definition) is 2. The number of halogens is 1. The summed E-state index contributed by atoms with van der Waals surface area (Å²) in [6.07, 6.45) is 0. The highest BCUT2D eigenvalue weighted by atomic mass is 35.5. The van der Waals surface area contributed by atoms with E-state index in [0.29, 0.717) is 0 Å². The molecule has 0 unspecified atom stereocenters. The second-order valence-corrected chi connectivity index (χ2v) is 2.54. The summed E-state index contributed by atoms with van der Waals surface area (Å²) >= 11 is 0. The van der Waals surface area contributed by atoms with Crippen LogP contribution in [0.3, 0.4) is 0 Å². The summed E-state index contributed by atoms with van der Waals surface area (Å²) in [7, 11) is 0. The summed E-state index contributed by atoms with van der Waals surface area (Å²) in [4.78, 5) is 10.7. The van der Waals surface area contributed by atoms with E-state index in [4.69, 9.17) is 10.8 Å². The first-order chi connectivity index (χ1) is 5.75. The number of benzene rings is 1. The highest BCUT2D eigenvalue weighted by Gasteiger charge is 2.16. The zero-order valence-electron chi connectivity index (χ0n) is 7.01. The first kappa shape index (κ1) is 11.9. The molecular formula is C9H12ClNO2. The molecule has 1 rings (SSSR count). The lowest BCUT2D eigenvalue weighted by Gasteiger charge is -2.08. The summed E-state index contributed by atoms with van der Waals surface area (Å²) < 4.78 is 0. The van der Waals surface area contributed by atoms with Crippen LogP contribution in [0.2, 0.25) is 0 Å². The summed E-state index contributed by atoms with van der Waals surface area (Å²) in [5.74, 6) is -1.45. The van der Waals surface area contributed by atoms with Crippen LogP contribution in [0.15, 0.2) is 30.3 Å². The van der Waals surface area contributed by atoms with Crippen molar-refractivity contribution >= 4 is 18.4 Å². The van der Waals surface area contributed by atoms with E-state index < -0.39 is 11.9 Å². The second kappa shape index (κ2) is 5.56. The fraction of sp³-hybridized carbons (Fsp3) is 0.222. The predicted octanol–water partition coefficient (Wildman–Crippen LogP) is 1.24. The Balaban J connectivity index is 0.00000144. The van der Waals surface area contributed by atoms with E-state index >= 15 is 0 Å². The smallest absolute Gasteiger partial charge is 0.312 e. The number of nitrogens with two attached hydrogens (primary N) is 1. The Hall–Kier alpha value is -1.06. The van der Waals surface area contributed by atoms with Crippen molar-refractivity contribution in [1.29, 1.82) is 0 Å². The molecular weight excluding hydrogens is 190 g/mol. The lowest BCUT2D eigenvalue weighted by atomic mass is 10.00. The minimum Gasteiger partial charge on any atom is -0.481 e. The van der Waals surface area contributed by atoms with Crippen LogP contribution in [0.25, 0.3) is 0 Å². The maximum Gasteiger partial charge on any atom is 0.312 e. The van der Waals surface area contributed by atoms with Gasteiger partial charge in [-0.2, -0.15) is 0 Å². The lowest BCUT2D eigenvalue weighted by Crippen LogP contribution is -2.20.